The van der Waals surface area contributed by atoms with Crippen molar-refractivity contribution in [1.82, 2.24) is 20.0 Å². The van der Waals surface area contributed by atoms with Gasteiger partial charge in [0.05, 0.1) is 13.1 Å². The fourth-order valence-electron chi connectivity index (χ4n) is 4.43. The smallest absolute Gasteiger partial charge is 0.317 e. The van der Waals surface area contributed by atoms with Gasteiger partial charge >= 0.3 is 6.03 Å². The number of ether oxygens (including phenoxy) is 2. The predicted octanol–water partition coefficient (Wildman–Crippen LogP) is 1.70. The molecule has 2 aliphatic heterocycles. The number of nitrogens with one attached hydrogen (secondary N) is 1. The van der Waals surface area contributed by atoms with E-state index in [1.165, 1.54) is 31.2 Å². The van der Waals surface area contributed by atoms with E-state index < -0.39 is 5.60 Å². The van der Waals surface area contributed by atoms with Gasteiger partial charge in [0.15, 0.2) is 0 Å². The number of urea groups is 1. The number of halogens is 1. The number of hydrogen-bond acceptors (Lipinski definition) is 6. The van der Waals surface area contributed by atoms with Crippen LogP contribution in [0, 0.1) is 5.82 Å². The Morgan fingerprint density at radius 1 is 1.03 bits per heavy atom. The quantitative estimate of drug-likeness (QED) is 0.545. The van der Waals surface area contributed by atoms with Crippen molar-refractivity contribution >= 4 is 11.9 Å². The molecule has 194 valence electrons. The molecule has 10 heteroatoms. The van der Waals surface area contributed by atoms with E-state index >= 15 is 0 Å². The van der Waals surface area contributed by atoms with E-state index in [1.54, 1.807) is 9.80 Å². The molecule has 2 aliphatic rings. The van der Waals surface area contributed by atoms with E-state index in [4.69, 9.17) is 9.47 Å². The van der Waals surface area contributed by atoms with Gasteiger partial charge in [0, 0.05) is 46.2 Å². The number of rotatable bonds is 9. The molecule has 2 N–H and O–H groups in total. The first-order valence-electron chi connectivity index (χ1n) is 12.1. The molecule has 3 amide bonds. The molecule has 0 aliphatic carbocycles. The molecule has 2 aromatic carbocycles. The molecule has 9 nitrogen and oxygen atoms in total. The third-order valence-electron chi connectivity index (χ3n) is 6.36. The first-order chi connectivity index (χ1) is 17.3. The topological polar surface area (TPSA) is 94.6 Å². The summed E-state index contributed by atoms with van der Waals surface area (Å²) in [5.41, 5.74) is -0.249. The Bertz CT molecular complexity index is 1040. The molecule has 2 aromatic rings. The highest BCUT2D eigenvalue weighted by molar-refractivity contribution is 5.76. The molecular weight excluding hydrogens is 467 g/mol. The first kappa shape index (κ1) is 25.7. The van der Waals surface area contributed by atoms with Crippen molar-refractivity contribution in [2.75, 3.05) is 59.0 Å². The van der Waals surface area contributed by atoms with Crippen molar-refractivity contribution in [2.24, 2.45) is 0 Å². The predicted molar refractivity (Wildman–Crippen MR) is 131 cm³/mol. The van der Waals surface area contributed by atoms with Gasteiger partial charge in [-0.3, -0.25) is 9.69 Å². The number of amides is 3. The fourth-order valence-corrected chi connectivity index (χ4v) is 4.43. The average Bonchev–Trinajstić information content (AvgIpc) is 3.18. The monoisotopic (exact) mass is 500 g/mol. The molecule has 0 radical (unpaired) electrons. The van der Waals surface area contributed by atoms with E-state index in [9.17, 15) is 19.1 Å². The maximum atomic E-state index is 13.2. The third-order valence-corrected chi connectivity index (χ3v) is 6.36. The molecule has 2 fully saturated rings. The van der Waals surface area contributed by atoms with Crippen LogP contribution in [0.4, 0.5) is 9.18 Å². The lowest BCUT2D eigenvalue weighted by Gasteiger charge is -2.32. The molecular formula is C26H33FN4O5. The Morgan fingerprint density at radius 3 is 2.39 bits per heavy atom. The zero-order valence-corrected chi connectivity index (χ0v) is 20.5. The summed E-state index contributed by atoms with van der Waals surface area (Å²) in [5.74, 6) is 0.710. The summed E-state index contributed by atoms with van der Waals surface area (Å²) in [5, 5.41) is 14.2. The van der Waals surface area contributed by atoms with Gasteiger partial charge < -0.3 is 29.7 Å². The molecule has 0 aromatic heterocycles. The molecule has 2 saturated heterocycles. The van der Waals surface area contributed by atoms with Crippen molar-refractivity contribution in [3.63, 3.8) is 0 Å². The Morgan fingerprint density at radius 2 is 1.72 bits per heavy atom. The minimum Gasteiger partial charge on any atom is -0.492 e. The molecule has 2 heterocycles. The number of β-amino-alcohol motifs (C(OH)–C–C–N with tert-alkyl or cyclic N) is 1. The zero-order chi connectivity index (χ0) is 25.5. The molecule has 1 atom stereocenters. The van der Waals surface area contributed by atoms with Gasteiger partial charge in [0.2, 0.25) is 5.91 Å². The molecule has 4 rings (SSSR count). The largest absolute Gasteiger partial charge is 0.492 e. The summed E-state index contributed by atoms with van der Waals surface area (Å²) < 4.78 is 24.7. The van der Waals surface area contributed by atoms with Crippen LogP contribution in [-0.4, -0.2) is 96.4 Å². The number of nitrogens with zero attached hydrogens (tertiary/aromatic N) is 3. The maximum absolute atomic E-state index is 13.2. The molecule has 36 heavy (non-hydrogen) atoms. The van der Waals surface area contributed by atoms with Crippen LogP contribution < -0.4 is 14.8 Å². The second-order valence-electron chi connectivity index (χ2n) is 9.33. The van der Waals surface area contributed by atoms with Crippen LogP contribution in [0.15, 0.2) is 48.5 Å². The normalized spacial score (nSPS) is 20.7. The van der Waals surface area contributed by atoms with Gasteiger partial charge in [-0.1, -0.05) is 12.1 Å². The Kier molecular flexibility index (Phi) is 8.27. The Hall–Kier alpha value is -3.37. The van der Waals surface area contributed by atoms with Crippen LogP contribution >= 0.6 is 0 Å². The first-order valence-corrected chi connectivity index (χ1v) is 12.1. The number of carbonyl (C=O) groups excluding carboxylic acids is 2. The fraction of sp³-hybridized carbons (Fsp3) is 0.462. The second kappa shape index (κ2) is 11.6. The van der Waals surface area contributed by atoms with Crippen molar-refractivity contribution in [2.45, 2.75) is 19.1 Å². The summed E-state index contributed by atoms with van der Waals surface area (Å²) in [6, 6.07) is 13.3. The summed E-state index contributed by atoms with van der Waals surface area (Å²) in [6.45, 7) is 5.93. The van der Waals surface area contributed by atoms with E-state index in [0.717, 1.165) is 11.3 Å². The highest BCUT2D eigenvalue weighted by Crippen LogP contribution is 2.21. The van der Waals surface area contributed by atoms with Gasteiger partial charge in [-0.25, -0.2) is 9.18 Å². The lowest BCUT2D eigenvalue weighted by atomic mass is 10.0. The van der Waals surface area contributed by atoms with Gasteiger partial charge in [-0.2, -0.15) is 0 Å². The Labute approximate surface area is 210 Å². The highest BCUT2D eigenvalue weighted by atomic mass is 19.1. The average molecular weight is 501 g/mol. The van der Waals surface area contributed by atoms with Crippen molar-refractivity contribution < 1.29 is 28.6 Å². The molecule has 0 spiro atoms. The minimum absolute atomic E-state index is 0.0271. The van der Waals surface area contributed by atoms with Crippen molar-refractivity contribution in [1.29, 1.82) is 0 Å². The van der Waals surface area contributed by atoms with E-state index in [1.807, 2.05) is 24.3 Å². The second-order valence-corrected chi connectivity index (χ2v) is 9.33. The maximum Gasteiger partial charge on any atom is 0.317 e. The van der Waals surface area contributed by atoms with Crippen molar-refractivity contribution in [3.8, 4) is 11.5 Å². The third kappa shape index (κ3) is 7.08. The van der Waals surface area contributed by atoms with Gasteiger partial charge in [-0.15, -0.1) is 0 Å². The molecule has 0 saturated carbocycles. The van der Waals surface area contributed by atoms with Gasteiger partial charge in [0.1, 0.15) is 36.1 Å². The van der Waals surface area contributed by atoms with E-state index in [0.29, 0.717) is 58.2 Å². The van der Waals surface area contributed by atoms with E-state index in [2.05, 4.69) is 10.2 Å². The van der Waals surface area contributed by atoms with Crippen LogP contribution in [0.5, 0.6) is 11.5 Å². The van der Waals surface area contributed by atoms with Crippen LogP contribution in [0.1, 0.15) is 12.5 Å². The number of aliphatic hydroxyl groups is 1. The van der Waals surface area contributed by atoms with Crippen LogP contribution in [-0.2, 0) is 11.3 Å². The number of benzene rings is 2. The Balaban J connectivity index is 1.33. The molecule has 0 unspecified atom stereocenters. The highest BCUT2D eigenvalue weighted by Gasteiger charge is 2.37. The molecule has 0 bridgehead atoms. The summed E-state index contributed by atoms with van der Waals surface area (Å²) in [6.07, 6.45) is 0. The van der Waals surface area contributed by atoms with Crippen LogP contribution in [0.2, 0.25) is 0 Å². The van der Waals surface area contributed by atoms with Gasteiger partial charge in [-0.05, 0) is 42.0 Å². The summed E-state index contributed by atoms with van der Waals surface area (Å²) >= 11 is 0. The summed E-state index contributed by atoms with van der Waals surface area (Å²) in [4.78, 5) is 29.2. The lowest BCUT2D eigenvalue weighted by Crippen LogP contribution is -2.51. The van der Waals surface area contributed by atoms with Crippen LogP contribution in [0.25, 0.3) is 0 Å². The summed E-state index contributed by atoms with van der Waals surface area (Å²) in [7, 11) is 0. The van der Waals surface area contributed by atoms with Crippen molar-refractivity contribution in [3.05, 3.63) is 59.9 Å². The zero-order valence-electron chi connectivity index (χ0n) is 20.5. The number of hydrogen-bond donors (Lipinski definition) is 2. The SMILES string of the molecule is CC(=O)N1CCN(Cc2ccc(OCCN3CCNC3=O)cc2)C[C@](O)(COc2ccc(F)cc2)C1. The van der Waals surface area contributed by atoms with Crippen LogP contribution in [0.3, 0.4) is 0 Å². The number of carbonyl (C=O) groups is 2. The van der Waals surface area contributed by atoms with E-state index in [-0.39, 0.29) is 30.9 Å². The standard InChI is InChI=1S/C26H33FN4O5/c1-20(32)31-13-12-29(17-26(34,18-31)19-36-24-8-4-22(27)5-9-24)16-21-2-6-23(7-3-21)35-15-14-30-11-10-28-25(30)33/h2-9,34H,10-19H2,1H3,(H,28,33)/t26-/m1/s1. The van der Waals surface area contributed by atoms with Gasteiger partial charge in [0.25, 0.3) is 0 Å². The minimum atomic E-state index is -1.29. The lowest BCUT2D eigenvalue weighted by molar-refractivity contribution is -0.132.